The molecule has 2 aromatic rings. The summed E-state index contributed by atoms with van der Waals surface area (Å²) >= 11 is 0. The van der Waals surface area contributed by atoms with E-state index in [2.05, 4.69) is 4.98 Å². The maximum absolute atomic E-state index is 11.8. The molecule has 4 heteroatoms. The fraction of sp³-hybridized carbons (Fsp3) is 0.0714. The van der Waals surface area contributed by atoms with Crippen LogP contribution in [0.3, 0.4) is 0 Å². The van der Waals surface area contributed by atoms with Crippen molar-refractivity contribution in [2.24, 2.45) is 0 Å². The van der Waals surface area contributed by atoms with E-state index in [0.29, 0.717) is 16.9 Å². The van der Waals surface area contributed by atoms with Crippen LogP contribution in [0.25, 0.3) is 0 Å². The smallest absolute Gasteiger partial charge is 0.345 e. The van der Waals surface area contributed by atoms with Crippen LogP contribution in [-0.4, -0.2) is 11.0 Å². The van der Waals surface area contributed by atoms with Crippen LogP contribution in [0.4, 0.5) is 0 Å². The number of aryl methyl sites for hydroxylation is 1. The summed E-state index contributed by atoms with van der Waals surface area (Å²) < 4.78 is 5.15. The Morgan fingerprint density at radius 2 is 1.94 bits per heavy atom. The molecule has 0 aliphatic heterocycles. The van der Waals surface area contributed by atoms with Crippen LogP contribution in [0.5, 0.6) is 5.75 Å². The van der Waals surface area contributed by atoms with E-state index >= 15 is 0 Å². The minimum atomic E-state index is -0.466. The maximum Gasteiger partial charge on any atom is 0.345 e. The number of benzene rings is 1. The molecule has 18 heavy (non-hydrogen) atoms. The Bertz CT molecular complexity index is 595. The molecule has 0 fully saturated rings. The molecular weight excluding hydrogens is 228 g/mol. The van der Waals surface area contributed by atoms with Crippen LogP contribution < -0.4 is 4.74 Å². The van der Waals surface area contributed by atoms with Crippen molar-refractivity contribution in [2.75, 3.05) is 0 Å². The Morgan fingerprint density at radius 1 is 1.22 bits per heavy atom. The zero-order valence-electron chi connectivity index (χ0n) is 9.75. The fourth-order valence-corrected chi connectivity index (χ4v) is 1.35. The molecule has 0 amide bonds. The summed E-state index contributed by atoms with van der Waals surface area (Å²) in [6.45, 7) is 1.84. The lowest BCUT2D eigenvalue weighted by Crippen LogP contribution is -2.08. The number of esters is 1. The van der Waals surface area contributed by atoms with Gasteiger partial charge in [0.2, 0.25) is 0 Å². The highest BCUT2D eigenvalue weighted by molar-refractivity contribution is 5.90. The maximum atomic E-state index is 11.8. The van der Waals surface area contributed by atoms with Crippen molar-refractivity contribution in [3.8, 4) is 11.8 Å². The predicted octanol–water partition coefficient (Wildman–Crippen LogP) is 2.48. The largest absolute Gasteiger partial charge is 0.423 e. The first-order chi connectivity index (χ1) is 8.69. The lowest BCUT2D eigenvalue weighted by Gasteiger charge is -2.04. The molecule has 0 aliphatic rings. The van der Waals surface area contributed by atoms with Crippen LogP contribution in [-0.2, 0) is 0 Å². The lowest BCUT2D eigenvalue weighted by atomic mass is 10.2. The van der Waals surface area contributed by atoms with Crippen molar-refractivity contribution < 1.29 is 9.53 Å². The van der Waals surface area contributed by atoms with Crippen molar-refractivity contribution in [1.29, 1.82) is 5.26 Å². The topological polar surface area (TPSA) is 63.0 Å². The van der Waals surface area contributed by atoms with Crippen molar-refractivity contribution >= 4 is 5.97 Å². The van der Waals surface area contributed by atoms with Gasteiger partial charge in [0.25, 0.3) is 0 Å². The van der Waals surface area contributed by atoms with Gasteiger partial charge in [-0.05, 0) is 43.3 Å². The van der Waals surface area contributed by atoms with E-state index in [4.69, 9.17) is 10.00 Å². The number of nitriles is 1. The third-order valence-electron chi connectivity index (χ3n) is 2.34. The van der Waals surface area contributed by atoms with Gasteiger partial charge in [-0.2, -0.15) is 5.26 Å². The van der Waals surface area contributed by atoms with Gasteiger partial charge < -0.3 is 4.74 Å². The average molecular weight is 238 g/mol. The zero-order valence-corrected chi connectivity index (χ0v) is 9.75. The van der Waals surface area contributed by atoms with Crippen molar-refractivity contribution in [1.82, 2.24) is 4.98 Å². The summed E-state index contributed by atoms with van der Waals surface area (Å²) in [6.07, 6.45) is 1.47. The van der Waals surface area contributed by atoms with Crippen LogP contribution in [0, 0.1) is 18.3 Å². The van der Waals surface area contributed by atoms with E-state index in [1.165, 1.54) is 6.20 Å². The second-order valence-electron chi connectivity index (χ2n) is 3.71. The van der Waals surface area contributed by atoms with Gasteiger partial charge in [0.1, 0.15) is 5.75 Å². The molecular formula is C14H10N2O2. The van der Waals surface area contributed by atoms with Gasteiger partial charge in [-0.1, -0.05) is 0 Å². The third-order valence-corrected chi connectivity index (χ3v) is 2.34. The molecule has 0 spiro atoms. The van der Waals surface area contributed by atoms with Gasteiger partial charge in [0.05, 0.1) is 17.2 Å². The first-order valence-corrected chi connectivity index (χ1v) is 5.34. The first kappa shape index (κ1) is 11.8. The van der Waals surface area contributed by atoms with Gasteiger partial charge in [-0.25, -0.2) is 4.79 Å². The molecule has 4 nitrogen and oxygen atoms in total. The van der Waals surface area contributed by atoms with E-state index in [1.807, 2.05) is 13.0 Å². The molecule has 88 valence electrons. The summed E-state index contributed by atoms with van der Waals surface area (Å²) in [5.41, 5.74) is 1.75. The molecule has 0 bridgehead atoms. The molecule has 0 aliphatic carbocycles. The second kappa shape index (κ2) is 5.11. The minimum Gasteiger partial charge on any atom is -0.423 e. The number of hydrogen-bond donors (Lipinski definition) is 0. The normalized spacial score (nSPS) is 9.56. The van der Waals surface area contributed by atoms with Crippen molar-refractivity contribution in [3.05, 3.63) is 59.4 Å². The summed E-state index contributed by atoms with van der Waals surface area (Å²) in [6, 6.07) is 11.8. The molecule has 1 aromatic carbocycles. The number of carbonyl (C=O) groups excluding carboxylic acids is 1. The molecule has 0 N–H and O–H groups in total. The van der Waals surface area contributed by atoms with Gasteiger partial charge >= 0.3 is 5.97 Å². The standard InChI is InChI=1S/C14H10N2O2/c1-10-2-5-12(9-16-10)14(17)18-13-6-3-11(8-15)4-7-13/h2-7,9H,1H3. The molecule has 0 unspecified atom stereocenters. The number of nitrogens with zero attached hydrogens (tertiary/aromatic N) is 2. The quantitative estimate of drug-likeness (QED) is 0.595. The van der Waals surface area contributed by atoms with Crippen LogP contribution in [0.2, 0.25) is 0 Å². The van der Waals surface area contributed by atoms with E-state index in [0.717, 1.165) is 5.69 Å². The van der Waals surface area contributed by atoms with Gasteiger partial charge in [-0.3, -0.25) is 4.98 Å². The molecule has 0 saturated carbocycles. The summed E-state index contributed by atoms with van der Waals surface area (Å²) in [5, 5.41) is 8.65. The summed E-state index contributed by atoms with van der Waals surface area (Å²) in [7, 11) is 0. The number of aromatic nitrogens is 1. The highest BCUT2D eigenvalue weighted by Gasteiger charge is 2.08. The van der Waals surface area contributed by atoms with E-state index in [-0.39, 0.29) is 0 Å². The molecule has 0 saturated heterocycles. The molecule has 2 rings (SSSR count). The monoisotopic (exact) mass is 238 g/mol. The molecule has 0 radical (unpaired) electrons. The Kier molecular flexibility index (Phi) is 3.35. The highest BCUT2D eigenvalue weighted by atomic mass is 16.5. The zero-order chi connectivity index (χ0) is 13.0. The Morgan fingerprint density at radius 3 is 2.50 bits per heavy atom. The summed E-state index contributed by atoms with van der Waals surface area (Å²) in [4.78, 5) is 15.8. The van der Waals surface area contributed by atoms with Crippen LogP contribution >= 0.6 is 0 Å². The SMILES string of the molecule is Cc1ccc(C(=O)Oc2ccc(C#N)cc2)cn1. The number of carbonyl (C=O) groups is 1. The number of rotatable bonds is 2. The third kappa shape index (κ3) is 2.71. The molecule has 0 atom stereocenters. The van der Waals surface area contributed by atoms with Gasteiger partial charge in [0.15, 0.2) is 0 Å². The number of hydrogen-bond acceptors (Lipinski definition) is 4. The Hall–Kier alpha value is -2.67. The van der Waals surface area contributed by atoms with E-state index < -0.39 is 5.97 Å². The molecule has 1 heterocycles. The molecule has 1 aromatic heterocycles. The number of ether oxygens (including phenoxy) is 1. The van der Waals surface area contributed by atoms with Gasteiger partial charge in [-0.15, -0.1) is 0 Å². The van der Waals surface area contributed by atoms with E-state index in [9.17, 15) is 4.79 Å². The van der Waals surface area contributed by atoms with Gasteiger partial charge in [0, 0.05) is 11.9 Å². The van der Waals surface area contributed by atoms with Crippen LogP contribution in [0.1, 0.15) is 21.6 Å². The number of pyridine rings is 1. The van der Waals surface area contributed by atoms with Crippen molar-refractivity contribution in [3.63, 3.8) is 0 Å². The average Bonchev–Trinajstić information content (AvgIpc) is 2.40. The first-order valence-electron chi connectivity index (χ1n) is 5.34. The van der Waals surface area contributed by atoms with Crippen molar-refractivity contribution in [2.45, 2.75) is 6.92 Å². The fourth-order valence-electron chi connectivity index (χ4n) is 1.35. The van der Waals surface area contributed by atoms with E-state index in [1.54, 1.807) is 36.4 Å². The lowest BCUT2D eigenvalue weighted by molar-refractivity contribution is 0.0734. The predicted molar refractivity (Wildman–Crippen MR) is 65.1 cm³/mol. The highest BCUT2D eigenvalue weighted by Crippen LogP contribution is 2.13. The Labute approximate surface area is 104 Å². The second-order valence-corrected chi connectivity index (χ2v) is 3.71. The minimum absolute atomic E-state index is 0.393. The Balaban J connectivity index is 2.11. The van der Waals surface area contributed by atoms with Crippen LogP contribution in [0.15, 0.2) is 42.6 Å². The summed E-state index contributed by atoms with van der Waals surface area (Å²) in [5.74, 6) is -0.0632.